The van der Waals surface area contributed by atoms with Gasteiger partial charge in [0.1, 0.15) is 12.1 Å². The van der Waals surface area contributed by atoms with Crippen LogP contribution in [0, 0.1) is 5.92 Å². The molecule has 0 aliphatic carbocycles. The van der Waals surface area contributed by atoms with Crippen LogP contribution in [-0.4, -0.2) is 77.7 Å². The van der Waals surface area contributed by atoms with Crippen LogP contribution in [-0.2, 0) is 19.2 Å². The number of carbonyl (C=O) groups is 4. The maximum absolute atomic E-state index is 14.1. The van der Waals surface area contributed by atoms with Crippen molar-refractivity contribution in [1.29, 1.82) is 0 Å². The number of hydrogen-bond acceptors (Lipinski definition) is 4. The third-order valence-electron chi connectivity index (χ3n) is 8.21. The molecule has 2 heterocycles. The summed E-state index contributed by atoms with van der Waals surface area (Å²) in [6, 6.07) is 17.1. The quantitative estimate of drug-likeness (QED) is 0.431. The van der Waals surface area contributed by atoms with Gasteiger partial charge in [0.25, 0.3) is 5.91 Å². The molecule has 4 atom stereocenters. The van der Waals surface area contributed by atoms with Crippen molar-refractivity contribution in [3.05, 3.63) is 71.8 Å². The van der Waals surface area contributed by atoms with Crippen molar-refractivity contribution < 1.29 is 24.5 Å². The summed E-state index contributed by atoms with van der Waals surface area (Å²) in [5, 5.41) is 7.90. The number of benzene rings is 2. The van der Waals surface area contributed by atoms with Crippen LogP contribution >= 0.6 is 0 Å². The highest BCUT2D eigenvalue weighted by Crippen LogP contribution is 2.31. The molecule has 0 saturated carbocycles. The van der Waals surface area contributed by atoms with Crippen LogP contribution in [0.15, 0.2) is 60.7 Å². The van der Waals surface area contributed by atoms with Crippen LogP contribution in [0.3, 0.4) is 0 Å². The fourth-order valence-electron chi connectivity index (χ4n) is 5.79. The van der Waals surface area contributed by atoms with Crippen LogP contribution in [0.5, 0.6) is 0 Å². The van der Waals surface area contributed by atoms with E-state index in [1.54, 1.807) is 29.1 Å². The third kappa shape index (κ3) is 7.33. The number of nitrogens with zero attached hydrogens (tertiary/aromatic N) is 2. The van der Waals surface area contributed by atoms with Crippen molar-refractivity contribution in [2.75, 3.05) is 20.1 Å². The van der Waals surface area contributed by atoms with Crippen LogP contribution in [0.25, 0.3) is 0 Å². The van der Waals surface area contributed by atoms with Crippen molar-refractivity contribution in [3.8, 4) is 0 Å². The van der Waals surface area contributed by atoms with E-state index in [2.05, 4.69) is 10.6 Å². The summed E-state index contributed by atoms with van der Waals surface area (Å²) in [7, 11) is 1.80. The van der Waals surface area contributed by atoms with Gasteiger partial charge < -0.3 is 25.8 Å². The second kappa shape index (κ2) is 13.8. The summed E-state index contributed by atoms with van der Waals surface area (Å²) in [5.74, 6) is -0.622. The second-order valence-electron chi connectivity index (χ2n) is 11.7. The Hall–Kier alpha value is -3.72. The Morgan fingerprint density at radius 3 is 2.10 bits per heavy atom. The van der Waals surface area contributed by atoms with Gasteiger partial charge in [-0.3, -0.25) is 19.2 Å². The average molecular weight is 563 g/mol. The molecule has 4 N–H and O–H groups in total. The Labute approximate surface area is 243 Å². The molecule has 2 aromatic carbocycles. The van der Waals surface area contributed by atoms with E-state index in [0.717, 1.165) is 11.1 Å². The summed E-state index contributed by atoms with van der Waals surface area (Å²) < 4.78 is 0. The SMILES string of the molecule is C[NH2+][C@@H](C)C(=O)N[C@H]1CN(C(=O)CC(C)C)CC[C@H]2CC[C@@H](C(=O)NC(c3ccccc3)c3ccccc3)N2C1=O. The average Bonchev–Trinajstić information content (AvgIpc) is 3.39. The molecule has 0 radical (unpaired) electrons. The highest BCUT2D eigenvalue weighted by molar-refractivity contribution is 5.94. The lowest BCUT2D eigenvalue weighted by Gasteiger charge is -2.39. The van der Waals surface area contributed by atoms with Crippen molar-refractivity contribution in [2.24, 2.45) is 5.92 Å². The molecular formula is C32H44N5O4+. The van der Waals surface area contributed by atoms with E-state index in [0.29, 0.717) is 32.2 Å². The first-order chi connectivity index (χ1) is 19.7. The molecule has 0 unspecified atom stereocenters. The molecular weight excluding hydrogens is 518 g/mol. The van der Waals surface area contributed by atoms with Gasteiger partial charge in [0.05, 0.1) is 13.1 Å². The number of hydrogen-bond donors (Lipinski definition) is 3. The predicted molar refractivity (Wildman–Crippen MR) is 156 cm³/mol. The van der Waals surface area contributed by atoms with Gasteiger partial charge in [-0.25, -0.2) is 0 Å². The summed E-state index contributed by atoms with van der Waals surface area (Å²) in [5.41, 5.74) is 1.91. The lowest BCUT2D eigenvalue weighted by atomic mass is 9.98. The molecule has 41 heavy (non-hydrogen) atoms. The second-order valence-corrected chi connectivity index (χ2v) is 11.7. The minimum atomic E-state index is -0.920. The Morgan fingerprint density at radius 2 is 1.54 bits per heavy atom. The molecule has 0 bridgehead atoms. The van der Waals surface area contributed by atoms with Crippen molar-refractivity contribution in [2.45, 2.75) is 76.7 Å². The van der Waals surface area contributed by atoms with Gasteiger partial charge >= 0.3 is 0 Å². The number of fused-ring (bicyclic) bond motifs is 1. The zero-order valence-corrected chi connectivity index (χ0v) is 24.6. The number of nitrogens with two attached hydrogens (primary N) is 1. The monoisotopic (exact) mass is 562 g/mol. The topological polar surface area (TPSA) is 115 Å². The van der Waals surface area contributed by atoms with E-state index < -0.39 is 12.1 Å². The molecule has 2 aromatic rings. The van der Waals surface area contributed by atoms with Crippen molar-refractivity contribution >= 4 is 23.6 Å². The molecule has 0 aromatic heterocycles. The first kappa shape index (κ1) is 30.2. The molecule has 2 aliphatic heterocycles. The molecule has 0 spiro atoms. The summed E-state index contributed by atoms with van der Waals surface area (Å²) in [4.78, 5) is 57.5. The van der Waals surface area contributed by atoms with E-state index in [9.17, 15) is 19.2 Å². The number of rotatable bonds is 9. The number of amides is 4. The number of likely N-dealkylation sites (N-methyl/N-ethyl adjacent to an activating group) is 1. The lowest BCUT2D eigenvalue weighted by Crippen LogP contribution is -2.88. The van der Waals surface area contributed by atoms with Gasteiger partial charge in [-0.05, 0) is 43.2 Å². The maximum Gasteiger partial charge on any atom is 0.278 e. The van der Waals surface area contributed by atoms with Crippen LogP contribution in [0.4, 0.5) is 0 Å². The van der Waals surface area contributed by atoms with E-state index in [1.165, 1.54) is 0 Å². The smallest absolute Gasteiger partial charge is 0.278 e. The maximum atomic E-state index is 14.1. The lowest BCUT2D eigenvalue weighted by molar-refractivity contribution is -0.646. The standard InChI is InChI=1S/C32H43N5O4/c1-21(2)19-28(38)36-18-17-25-15-16-27(37(25)32(41)26(20-36)34-30(39)22(3)33-4)31(40)35-29(23-11-7-5-8-12-23)24-13-9-6-10-14-24/h5-14,21-22,25-27,29,33H,15-20H2,1-4H3,(H,34,39)(H,35,40)/p+1/t22-,25+,26-,27-/m0/s1. The molecule has 4 rings (SSSR count). The van der Waals surface area contributed by atoms with Gasteiger partial charge in [-0.2, -0.15) is 0 Å². The van der Waals surface area contributed by atoms with E-state index in [-0.39, 0.29) is 54.2 Å². The van der Waals surface area contributed by atoms with E-state index >= 15 is 0 Å². The predicted octanol–water partition coefficient (Wildman–Crippen LogP) is 1.60. The van der Waals surface area contributed by atoms with Crippen LogP contribution < -0.4 is 16.0 Å². The fourth-order valence-corrected chi connectivity index (χ4v) is 5.79. The van der Waals surface area contributed by atoms with Gasteiger partial charge in [-0.1, -0.05) is 74.5 Å². The largest absolute Gasteiger partial charge is 0.343 e. The van der Waals surface area contributed by atoms with E-state index in [4.69, 9.17) is 0 Å². The van der Waals surface area contributed by atoms with Gasteiger partial charge in [0, 0.05) is 25.6 Å². The zero-order valence-electron chi connectivity index (χ0n) is 24.6. The number of carbonyl (C=O) groups excluding carboxylic acids is 4. The molecule has 2 saturated heterocycles. The number of quaternary nitrogens is 1. The molecule has 2 fully saturated rings. The van der Waals surface area contributed by atoms with Crippen molar-refractivity contribution in [1.82, 2.24) is 20.4 Å². The Morgan fingerprint density at radius 1 is 0.927 bits per heavy atom. The Bertz CT molecular complexity index is 1170. The molecule has 9 nitrogen and oxygen atoms in total. The minimum Gasteiger partial charge on any atom is -0.343 e. The van der Waals surface area contributed by atoms with Gasteiger partial charge in [0.15, 0.2) is 6.04 Å². The van der Waals surface area contributed by atoms with Crippen LogP contribution in [0.1, 0.15) is 63.6 Å². The summed E-state index contributed by atoms with van der Waals surface area (Å²) >= 11 is 0. The van der Waals surface area contributed by atoms with Crippen LogP contribution in [0.2, 0.25) is 0 Å². The first-order valence-electron chi connectivity index (χ1n) is 14.8. The molecule has 9 heteroatoms. The third-order valence-corrected chi connectivity index (χ3v) is 8.21. The fraction of sp³-hybridized carbons (Fsp3) is 0.500. The van der Waals surface area contributed by atoms with E-state index in [1.807, 2.05) is 74.5 Å². The first-order valence-corrected chi connectivity index (χ1v) is 14.8. The Balaban J connectivity index is 1.60. The Kier molecular flexibility index (Phi) is 10.2. The highest BCUT2D eigenvalue weighted by atomic mass is 16.2. The van der Waals surface area contributed by atoms with Gasteiger partial charge in [-0.15, -0.1) is 0 Å². The summed E-state index contributed by atoms with van der Waals surface area (Å²) in [6.07, 6.45) is 2.17. The zero-order chi connectivity index (χ0) is 29.5. The minimum absolute atomic E-state index is 0.0172. The molecule has 220 valence electrons. The molecule has 4 amide bonds. The van der Waals surface area contributed by atoms with Gasteiger partial charge in [0.2, 0.25) is 17.7 Å². The number of nitrogens with one attached hydrogen (secondary N) is 2. The summed E-state index contributed by atoms with van der Waals surface area (Å²) in [6.45, 7) is 6.33. The molecule has 2 aliphatic rings. The highest BCUT2D eigenvalue weighted by Gasteiger charge is 2.46. The normalized spacial score (nSPS) is 21.7. The van der Waals surface area contributed by atoms with Crippen molar-refractivity contribution in [3.63, 3.8) is 0 Å².